The van der Waals surface area contributed by atoms with Crippen LogP contribution in [0.5, 0.6) is 0 Å². The van der Waals surface area contributed by atoms with Gasteiger partial charge in [-0.15, -0.1) is 0 Å². The van der Waals surface area contributed by atoms with Crippen molar-refractivity contribution in [3.05, 3.63) is 76.1 Å². The van der Waals surface area contributed by atoms with Gasteiger partial charge in [0.1, 0.15) is 0 Å². The SMILES string of the molecule is CCOC(=O)c1cc(C(C)(C)C)n(/N=C(\C)c2cccc(/C(C)=N/n3c(C(C)C)ccc3C(C)(C)C)n2)c1C. The second-order valence-corrected chi connectivity index (χ2v) is 12.4. The normalized spacial score (nSPS) is 13.4. The van der Waals surface area contributed by atoms with E-state index in [1.807, 2.05) is 56.6 Å². The molecule has 0 saturated carbocycles. The van der Waals surface area contributed by atoms with Crippen molar-refractivity contribution in [1.29, 1.82) is 0 Å². The lowest BCUT2D eigenvalue weighted by Gasteiger charge is -2.21. The quantitative estimate of drug-likeness (QED) is 0.235. The number of rotatable bonds is 7. The molecule has 0 aliphatic rings. The highest BCUT2D eigenvalue weighted by atomic mass is 16.5. The molecule has 3 rings (SSSR count). The summed E-state index contributed by atoms with van der Waals surface area (Å²) in [5, 5.41) is 9.97. The summed E-state index contributed by atoms with van der Waals surface area (Å²) in [7, 11) is 0. The van der Waals surface area contributed by atoms with Crippen molar-refractivity contribution in [2.24, 2.45) is 10.2 Å². The third-order valence-electron chi connectivity index (χ3n) is 6.72. The Morgan fingerprint density at radius 3 is 1.92 bits per heavy atom. The zero-order chi connectivity index (χ0) is 29.3. The molecule has 7 heteroatoms. The molecule has 3 aromatic heterocycles. The average molecular weight is 532 g/mol. The first-order chi connectivity index (χ1) is 18.1. The highest BCUT2D eigenvalue weighted by Gasteiger charge is 2.26. The number of esters is 1. The Balaban J connectivity index is 2.08. The summed E-state index contributed by atoms with van der Waals surface area (Å²) in [6, 6.07) is 12.1. The smallest absolute Gasteiger partial charge is 0.340 e. The first-order valence-corrected chi connectivity index (χ1v) is 13.8. The molecule has 0 atom stereocenters. The van der Waals surface area contributed by atoms with E-state index in [1.54, 1.807) is 0 Å². The van der Waals surface area contributed by atoms with Crippen LogP contribution in [0.1, 0.15) is 127 Å². The van der Waals surface area contributed by atoms with Crippen molar-refractivity contribution in [2.45, 2.75) is 99.8 Å². The van der Waals surface area contributed by atoms with E-state index in [4.69, 9.17) is 19.9 Å². The van der Waals surface area contributed by atoms with Crippen molar-refractivity contribution in [1.82, 2.24) is 14.3 Å². The zero-order valence-electron chi connectivity index (χ0n) is 25.8. The molecule has 0 unspecified atom stereocenters. The van der Waals surface area contributed by atoms with E-state index < -0.39 is 0 Å². The van der Waals surface area contributed by atoms with Gasteiger partial charge in [0.2, 0.25) is 0 Å². The minimum absolute atomic E-state index is 0.0444. The van der Waals surface area contributed by atoms with Crippen LogP contribution in [-0.2, 0) is 15.6 Å². The van der Waals surface area contributed by atoms with Crippen LogP contribution < -0.4 is 0 Å². The fourth-order valence-corrected chi connectivity index (χ4v) is 4.48. The van der Waals surface area contributed by atoms with Gasteiger partial charge in [0, 0.05) is 27.9 Å². The van der Waals surface area contributed by atoms with Crippen LogP contribution in [0.4, 0.5) is 0 Å². The number of pyridine rings is 1. The number of carbonyl (C=O) groups excluding carboxylic acids is 1. The summed E-state index contributed by atoms with van der Waals surface area (Å²) >= 11 is 0. The van der Waals surface area contributed by atoms with Crippen molar-refractivity contribution in [3.8, 4) is 0 Å². The van der Waals surface area contributed by atoms with E-state index in [-0.39, 0.29) is 16.8 Å². The van der Waals surface area contributed by atoms with Gasteiger partial charge in [-0.05, 0) is 63.9 Å². The molecule has 0 aliphatic heterocycles. The minimum Gasteiger partial charge on any atom is -0.462 e. The van der Waals surface area contributed by atoms with Crippen LogP contribution >= 0.6 is 0 Å². The molecule has 0 fully saturated rings. The van der Waals surface area contributed by atoms with E-state index in [0.29, 0.717) is 18.1 Å². The lowest BCUT2D eigenvalue weighted by atomic mass is 9.92. The Morgan fingerprint density at radius 2 is 1.44 bits per heavy atom. The third-order valence-corrected chi connectivity index (χ3v) is 6.72. The first kappa shape index (κ1) is 30.1. The molecular weight excluding hydrogens is 486 g/mol. The van der Waals surface area contributed by atoms with Crippen LogP contribution in [0.25, 0.3) is 0 Å². The van der Waals surface area contributed by atoms with Crippen molar-refractivity contribution >= 4 is 17.4 Å². The number of hydrogen-bond acceptors (Lipinski definition) is 5. The van der Waals surface area contributed by atoms with Crippen LogP contribution in [0.3, 0.4) is 0 Å². The summed E-state index contributed by atoms with van der Waals surface area (Å²) in [5.41, 5.74) is 7.37. The summed E-state index contributed by atoms with van der Waals surface area (Å²) in [4.78, 5) is 17.5. The Morgan fingerprint density at radius 1 is 0.897 bits per heavy atom. The van der Waals surface area contributed by atoms with E-state index in [1.165, 1.54) is 5.69 Å². The summed E-state index contributed by atoms with van der Waals surface area (Å²) in [5.74, 6) is 0.00658. The zero-order valence-corrected chi connectivity index (χ0v) is 25.8. The minimum atomic E-state index is -0.334. The summed E-state index contributed by atoms with van der Waals surface area (Å²) < 4.78 is 9.21. The molecule has 39 heavy (non-hydrogen) atoms. The van der Waals surface area contributed by atoms with Gasteiger partial charge in [-0.3, -0.25) is 0 Å². The van der Waals surface area contributed by atoms with Gasteiger partial charge in [-0.2, -0.15) is 10.2 Å². The number of ether oxygens (including phenoxy) is 1. The van der Waals surface area contributed by atoms with Gasteiger partial charge in [-0.25, -0.2) is 19.1 Å². The molecule has 0 N–H and O–H groups in total. The molecule has 0 aliphatic carbocycles. The number of aromatic nitrogens is 3. The van der Waals surface area contributed by atoms with Crippen LogP contribution in [-0.4, -0.2) is 38.3 Å². The Labute approximate surface area is 234 Å². The van der Waals surface area contributed by atoms with Crippen molar-refractivity contribution < 1.29 is 9.53 Å². The molecule has 0 aromatic carbocycles. The van der Waals surface area contributed by atoms with Gasteiger partial charge in [-0.1, -0.05) is 61.5 Å². The van der Waals surface area contributed by atoms with Crippen LogP contribution in [0.15, 0.2) is 46.6 Å². The molecular formula is C32H45N5O2. The predicted octanol–water partition coefficient (Wildman–Crippen LogP) is 7.43. The maximum atomic E-state index is 12.6. The first-order valence-electron chi connectivity index (χ1n) is 13.8. The Hall–Kier alpha value is -3.48. The van der Waals surface area contributed by atoms with Gasteiger partial charge in [0.25, 0.3) is 0 Å². The predicted molar refractivity (Wildman–Crippen MR) is 161 cm³/mol. The molecule has 0 amide bonds. The Kier molecular flexibility index (Phi) is 8.73. The molecule has 0 bridgehead atoms. The molecule has 0 spiro atoms. The second kappa shape index (κ2) is 11.3. The average Bonchev–Trinajstić information content (AvgIpc) is 3.41. The summed E-state index contributed by atoms with van der Waals surface area (Å²) in [6.07, 6.45) is 0. The standard InChI is InChI=1S/C32H45N5O2/c1-13-39-30(38)24-19-29(32(10,11)12)36(23(24)6)34-21(4)25-15-14-16-26(33-25)22(5)35-37-27(20(2)3)17-18-28(37)31(7,8)9/h14-20H,13H2,1-12H3/b34-21+,35-22+. The van der Waals surface area contributed by atoms with Gasteiger partial charge in [0.05, 0.1) is 40.7 Å². The van der Waals surface area contributed by atoms with Gasteiger partial charge < -0.3 is 4.74 Å². The van der Waals surface area contributed by atoms with Crippen molar-refractivity contribution in [2.75, 3.05) is 6.61 Å². The maximum Gasteiger partial charge on any atom is 0.340 e. The van der Waals surface area contributed by atoms with E-state index in [9.17, 15) is 4.79 Å². The number of carbonyl (C=O) groups is 1. The van der Waals surface area contributed by atoms with Crippen molar-refractivity contribution in [3.63, 3.8) is 0 Å². The molecule has 0 radical (unpaired) electrons. The third kappa shape index (κ3) is 6.57. The molecule has 3 aromatic rings. The molecule has 0 saturated heterocycles. The van der Waals surface area contributed by atoms with E-state index >= 15 is 0 Å². The van der Waals surface area contributed by atoms with E-state index in [2.05, 4.69) is 72.2 Å². The number of hydrogen-bond donors (Lipinski definition) is 0. The topological polar surface area (TPSA) is 73.8 Å². The lowest BCUT2D eigenvalue weighted by Crippen LogP contribution is -2.18. The largest absolute Gasteiger partial charge is 0.462 e. The molecule has 3 heterocycles. The van der Waals surface area contributed by atoms with Crippen LogP contribution in [0, 0.1) is 6.92 Å². The van der Waals surface area contributed by atoms with E-state index in [0.717, 1.165) is 39.9 Å². The highest BCUT2D eigenvalue weighted by molar-refractivity contribution is 6.00. The summed E-state index contributed by atoms with van der Waals surface area (Å²) in [6.45, 7) is 25.3. The van der Waals surface area contributed by atoms with Gasteiger partial charge in [0.15, 0.2) is 0 Å². The number of nitrogens with zero attached hydrogens (tertiary/aromatic N) is 5. The second-order valence-electron chi connectivity index (χ2n) is 12.4. The fraction of sp³-hybridized carbons (Fsp3) is 0.500. The van der Waals surface area contributed by atoms with Crippen LogP contribution in [0.2, 0.25) is 0 Å². The molecule has 7 nitrogen and oxygen atoms in total. The Bertz CT molecular complexity index is 1410. The fourth-order valence-electron chi connectivity index (χ4n) is 4.48. The maximum absolute atomic E-state index is 12.6. The highest BCUT2D eigenvalue weighted by Crippen LogP contribution is 2.29. The lowest BCUT2D eigenvalue weighted by molar-refractivity contribution is 0.0525. The molecule has 210 valence electrons. The monoisotopic (exact) mass is 531 g/mol. The van der Waals surface area contributed by atoms with Gasteiger partial charge >= 0.3 is 5.97 Å².